The van der Waals surface area contributed by atoms with Gasteiger partial charge in [0.15, 0.2) is 0 Å². The van der Waals surface area contributed by atoms with Gasteiger partial charge in [-0.2, -0.15) is 0 Å². The first-order chi connectivity index (χ1) is 8.95. The lowest BCUT2D eigenvalue weighted by atomic mass is 10.1. The van der Waals surface area contributed by atoms with Crippen LogP contribution >= 0.6 is 11.6 Å². The molecule has 1 aromatic rings. The molecule has 0 aromatic heterocycles. The highest BCUT2D eigenvalue weighted by molar-refractivity contribution is 6.33. The molecule has 0 heterocycles. The normalized spacial score (nSPS) is 12.2. The molecule has 19 heavy (non-hydrogen) atoms. The van der Waals surface area contributed by atoms with E-state index in [2.05, 4.69) is 5.32 Å². The van der Waals surface area contributed by atoms with E-state index in [0.717, 1.165) is 0 Å². The second-order valence-corrected chi connectivity index (χ2v) is 4.61. The van der Waals surface area contributed by atoms with Crippen LogP contribution in [0.15, 0.2) is 12.1 Å². The van der Waals surface area contributed by atoms with Crippen LogP contribution in [-0.4, -0.2) is 36.4 Å². The van der Waals surface area contributed by atoms with Crippen LogP contribution in [0.3, 0.4) is 0 Å². The molecule has 0 aliphatic carbocycles. The van der Waals surface area contributed by atoms with Gasteiger partial charge in [-0.25, -0.2) is 0 Å². The number of rotatable bonds is 7. The van der Waals surface area contributed by atoms with Crippen LogP contribution in [0, 0.1) is 17.0 Å². The minimum atomic E-state index is -0.547. The number of nitro benzene ring substituents is 1. The second kappa shape index (κ2) is 7.28. The molecule has 0 bridgehead atoms. The van der Waals surface area contributed by atoms with Crippen molar-refractivity contribution in [2.75, 3.05) is 25.6 Å². The van der Waals surface area contributed by atoms with Crippen LogP contribution in [0.25, 0.3) is 0 Å². The molecule has 0 saturated carbocycles. The Labute approximate surface area is 116 Å². The Morgan fingerprint density at radius 1 is 1.58 bits per heavy atom. The molecule has 0 unspecified atom stereocenters. The SMILES string of the molecule is COC[C@@H](O)CCNc1c(C)cc([N+](=O)[O-])cc1Cl. The Hall–Kier alpha value is -1.37. The zero-order chi connectivity index (χ0) is 14.4. The van der Waals surface area contributed by atoms with Crippen molar-refractivity contribution in [1.29, 1.82) is 0 Å². The summed E-state index contributed by atoms with van der Waals surface area (Å²) in [5.74, 6) is 0. The summed E-state index contributed by atoms with van der Waals surface area (Å²) in [5, 5.41) is 23.5. The van der Waals surface area contributed by atoms with Gasteiger partial charge < -0.3 is 15.2 Å². The maximum absolute atomic E-state index is 10.7. The molecule has 0 saturated heterocycles. The predicted molar refractivity (Wildman–Crippen MR) is 73.8 cm³/mol. The average molecular weight is 289 g/mol. The quantitative estimate of drug-likeness (QED) is 0.594. The summed E-state index contributed by atoms with van der Waals surface area (Å²) in [5.41, 5.74) is 1.31. The molecular weight excluding hydrogens is 272 g/mol. The van der Waals surface area contributed by atoms with Crippen molar-refractivity contribution < 1.29 is 14.8 Å². The van der Waals surface area contributed by atoms with Gasteiger partial charge in [0.05, 0.1) is 28.3 Å². The number of anilines is 1. The lowest BCUT2D eigenvalue weighted by molar-refractivity contribution is -0.384. The van der Waals surface area contributed by atoms with Crippen molar-refractivity contribution in [1.82, 2.24) is 0 Å². The first-order valence-corrected chi connectivity index (χ1v) is 6.19. The zero-order valence-electron chi connectivity index (χ0n) is 10.9. The van der Waals surface area contributed by atoms with Gasteiger partial charge in [0.2, 0.25) is 0 Å². The highest BCUT2D eigenvalue weighted by Crippen LogP contribution is 2.30. The molecular formula is C12H17ClN2O4. The number of non-ortho nitro benzene ring substituents is 1. The van der Waals surface area contributed by atoms with Crippen LogP contribution in [0.5, 0.6) is 0 Å². The van der Waals surface area contributed by atoms with Gasteiger partial charge in [-0.15, -0.1) is 0 Å². The van der Waals surface area contributed by atoms with Crippen LogP contribution in [0.2, 0.25) is 5.02 Å². The first-order valence-electron chi connectivity index (χ1n) is 5.81. The molecule has 0 radical (unpaired) electrons. The van der Waals surface area contributed by atoms with E-state index < -0.39 is 11.0 Å². The fraction of sp³-hybridized carbons (Fsp3) is 0.500. The molecule has 2 N–H and O–H groups in total. The first kappa shape index (κ1) is 15.7. The predicted octanol–water partition coefficient (Wildman–Crippen LogP) is 2.37. The summed E-state index contributed by atoms with van der Waals surface area (Å²) in [6.45, 7) is 2.52. The van der Waals surface area contributed by atoms with Gasteiger partial charge >= 0.3 is 0 Å². The molecule has 7 heteroatoms. The largest absolute Gasteiger partial charge is 0.391 e. The van der Waals surface area contributed by atoms with Crippen molar-refractivity contribution in [2.24, 2.45) is 0 Å². The number of ether oxygens (including phenoxy) is 1. The Kier molecular flexibility index (Phi) is 6.01. The fourth-order valence-corrected chi connectivity index (χ4v) is 2.02. The van der Waals surface area contributed by atoms with Crippen LogP contribution in [0.4, 0.5) is 11.4 Å². The summed E-state index contributed by atoms with van der Waals surface area (Å²) in [6, 6.07) is 2.77. The van der Waals surface area contributed by atoms with E-state index in [4.69, 9.17) is 16.3 Å². The highest BCUT2D eigenvalue weighted by atomic mass is 35.5. The monoisotopic (exact) mass is 288 g/mol. The van der Waals surface area contributed by atoms with Crippen molar-refractivity contribution in [3.05, 3.63) is 32.8 Å². The van der Waals surface area contributed by atoms with E-state index >= 15 is 0 Å². The van der Waals surface area contributed by atoms with E-state index in [-0.39, 0.29) is 12.3 Å². The number of hydrogen-bond acceptors (Lipinski definition) is 5. The fourth-order valence-electron chi connectivity index (χ4n) is 1.69. The summed E-state index contributed by atoms with van der Waals surface area (Å²) in [6.07, 6.45) is -0.0460. The molecule has 0 aliphatic rings. The third kappa shape index (κ3) is 4.66. The smallest absolute Gasteiger partial charge is 0.271 e. The molecule has 1 atom stereocenters. The van der Waals surface area contributed by atoms with Crippen molar-refractivity contribution in [3.8, 4) is 0 Å². The van der Waals surface area contributed by atoms with E-state index in [1.165, 1.54) is 19.2 Å². The molecule has 1 rings (SSSR count). The Balaban J connectivity index is 2.66. The summed E-state index contributed by atoms with van der Waals surface area (Å²) < 4.78 is 4.82. The number of methoxy groups -OCH3 is 1. The lowest BCUT2D eigenvalue weighted by Gasteiger charge is -2.13. The van der Waals surface area contributed by atoms with Crippen LogP contribution < -0.4 is 5.32 Å². The standard InChI is InChI=1S/C12H17ClN2O4/c1-8-5-9(15(17)18)6-11(13)12(8)14-4-3-10(16)7-19-2/h5-6,10,14,16H,3-4,7H2,1-2H3/t10-/m0/s1. The van der Waals surface area contributed by atoms with Crippen molar-refractivity contribution >= 4 is 23.0 Å². The van der Waals surface area contributed by atoms with Crippen LogP contribution in [-0.2, 0) is 4.74 Å². The van der Waals surface area contributed by atoms with Gasteiger partial charge in [-0.05, 0) is 18.9 Å². The number of benzene rings is 1. The van der Waals surface area contributed by atoms with Gasteiger partial charge in [-0.3, -0.25) is 10.1 Å². The van der Waals surface area contributed by atoms with E-state index in [0.29, 0.717) is 29.2 Å². The lowest BCUT2D eigenvalue weighted by Crippen LogP contribution is -2.18. The van der Waals surface area contributed by atoms with Gasteiger partial charge in [0.25, 0.3) is 5.69 Å². The molecule has 0 fully saturated rings. The van der Waals surface area contributed by atoms with Crippen LogP contribution in [0.1, 0.15) is 12.0 Å². The number of nitro groups is 1. The number of aryl methyl sites for hydroxylation is 1. The van der Waals surface area contributed by atoms with Crippen molar-refractivity contribution in [3.63, 3.8) is 0 Å². The third-order valence-corrected chi connectivity index (χ3v) is 2.92. The number of nitrogens with one attached hydrogen (secondary N) is 1. The Morgan fingerprint density at radius 2 is 2.26 bits per heavy atom. The maximum Gasteiger partial charge on any atom is 0.271 e. The minimum Gasteiger partial charge on any atom is -0.391 e. The van der Waals surface area contributed by atoms with Gasteiger partial charge in [-0.1, -0.05) is 11.6 Å². The van der Waals surface area contributed by atoms with E-state index in [9.17, 15) is 15.2 Å². The van der Waals surface area contributed by atoms with Gasteiger partial charge in [0, 0.05) is 25.8 Å². The third-order valence-electron chi connectivity index (χ3n) is 2.62. The number of nitrogens with zero attached hydrogens (tertiary/aromatic N) is 1. The number of halogens is 1. The molecule has 6 nitrogen and oxygen atoms in total. The van der Waals surface area contributed by atoms with Gasteiger partial charge in [0.1, 0.15) is 0 Å². The summed E-state index contributed by atoms with van der Waals surface area (Å²) in [4.78, 5) is 10.2. The zero-order valence-corrected chi connectivity index (χ0v) is 11.6. The average Bonchev–Trinajstić information content (AvgIpc) is 2.32. The Bertz CT molecular complexity index is 430. The number of aliphatic hydroxyl groups is 1. The molecule has 0 spiro atoms. The second-order valence-electron chi connectivity index (χ2n) is 4.20. The molecule has 106 valence electrons. The summed E-state index contributed by atoms with van der Waals surface area (Å²) in [7, 11) is 1.52. The Morgan fingerprint density at radius 3 is 2.79 bits per heavy atom. The molecule has 1 aromatic carbocycles. The molecule has 0 aliphatic heterocycles. The van der Waals surface area contributed by atoms with E-state index in [1.54, 1.807) is 6.92 Å². The topological polar surface area (TPSA) is 84.6 Å². The summed E-state index contributed by atoms with van der Waals surface area (Å²) >= 11 is 6.00. The maximum atomic E-state index is 10.7. The highest BCUT2D eigenvalue weighted by Gasteiger charge is 2.13. The van der Waals surface area contributed by atoms with E-state index in [1.807, 2.05) is 0 Å². The minimum absolute atomic E-state index is 0.0348. The molecule has 0 amide bonds. The van der Waals surface area contributed by atoms with Crippen molar-refractivity contribution in [2.45, 2.75) is 19.4 Å². The number of hydrogen-bond donors (Lipinski definition) is 2. The number of aliphatic hydroxyl groups excluding tert-OH is 1.